The van der Waals surface area contributed by atoms with Gasteiger partial charge in [0.2, 0.25) is 0 Å². The van der Waals surface area contributed by atoms with Gasteiger partial charge in [0, 0.05) is 11.4 Å². The van der Waals surface area contributed by atoms with Gasteiger partial charge in [0.25, 0.3) is 0 Å². The minimum absolute atomic E-state index is 0.247. The van der Waals surface area contributed by atoms with Crippen molar-refractivity contribution in [3.63, 3.8) is 0 Å². The molecule has 1 N–H and O–H groups in total. The molecule has 0 amide bonds. The second-order valence-electron chi connectivity index (χ2n) is 3.30. The van der Waals surface area contributed by atoms with E-state index in [4.69, 9.17) is 0 Å². The van der Waals surface area contributed by atoms with Crippen molar-refractivity contribution in [3.05, 3.63) is 29.8 Å². The summed E-state index contributed by atoms with van der Waals surface area (Å²) >= 11 is 1.71. The summed E-state index contributed by atoms with van der Waals surface area (Å²) in [6.45, 7) is 1.36. The molecule has 0 saturated heterocycles. The van der Waals surface area contributed by atoms with Crippen LogP contribution in [0.4, 0.5) is 13.2 Å². The highest BCUT2D eigenvalue weighted by Gasteiger charge is 2.25. The van der Waals surface area contributed by atoms with Crippen LogP contribution in [0, 0.1) is 0 Å². The molecule has 0 aromatic heterocycles. The van der Waals surface area contributed by atoms with Gasteiger partial charge in [0.15, 0.2) is 0 Å². The van der Waals surface area contributed by atoms with Crippen LogP contribution in [0.5, 0.6) is 0 Å². The Balaban J connectivity index is 2.37. The van der Waals surface area contributed by atoms with Crippen LogP contribution in [0.2, 0.25) is 0 Å². The van der Waals surface area contributed by atoms with Crippen LogP contribution in [0.25, 0.3) is 0 Å². The molecule has 16 heavy (non-hydrogen) atoms. The molecule has 0 atom stereocenters. The molecule has 0 aliphatic heterocycles. The monoisotopic (exact) mass is 249 g/mol. The highest BCUT2D eigenvalue weighted by molar-refractivity contribution is 7.99. The van der Waals surface area contributed by atoms with E-state index in [2.05, 4.69) is 12.2 Å². The zero-order valence-corrected chi connectivity index (χ0v) is 9.79. The third-order valence-electron chi connectivity index (χ3n) is 1.89. The van der Waals surface area contributed by atoms with Crippen LogP contribution in [-0.4, -0.2) is 18.5 Å². The first-order valence-corrected chi connectivity index (χ1v) is 5.99. The van der Waals surface area contributed by atoms with Crippen LogP contribution in [-0.2, 0) is 6.54 Å². The van der Waals surface area contributed by atoms with E-state index in [1.54, 1.807) is 11.8 Å². The highest BCUT2D eigenvalue weighted by Crippen LogP contribution is 2.18. The molecular weight excluding hydrogens is 235 g/mol. The average Bonchev–Trinajstić information content (AvgIpc) is 2.19. The molecule has 0 fully saturated rings. The molecule has 0 bridgehead atoms. The van der Waals surface area contributed by atoms with E-state index in [0.29, 0.717) is 0 Å². The molecule has 0 radical (unpaired) electrons. The second-order valence-corrected chi connectivity index (χ2v) is 4.63. The zero-order valence-electron chi connectivity index (χ0n) is 8.97. The number of benzene rings is 1. The predicted octanol–water partition coefficient (Wildman–Crippen LogP) is 3.45. The maximum absolute atomic E-state index is 11.9. The quantitative estimate of drug-likeness (QED) is 0.802. The van der Waals surface area contributed by atoms with Crippen molar-refractivity contribution in [2.24, 2.45) is 0 Å². The lowest BCUT2D eigenvalue weighted by Gasteiger charge is -2.08. The number of halogens is 3. The molecule has 0 saturated carbocycles. The molecule has 1 aromatic rings. The normalized spacial score (nSPS) is 11.8. The lowest BCUT2D eigenvalue weighted by Crippen LogP contribution is -2.28. The Labute approximate surface area is 97.4 Å². The van der Waals surface area contributed by atoms with E-state index < -0.39 is 12.7 Å². The maximum atomic E-state index is 11.9. The van der Waals surface area contributed by atoms with Crippen LogP contribution >= 0.6 is 11.8 Å². The van der Waals surface area contributed by atoms with E-state index in [-0.39, 0.29) is 6.54 Å². The minimum Gasteiger partial charge on any atom is -0.305 e. The second kappa shape index (κ2) is 6.15. The van der Waals surface area contributed by atoms with Crippen molar-refractivity contribution in [2.45, 2.75) is 24.5 Å². The van der Waals surface area contributed by atoms with Crippen LogP contribution in [0.15, 0.2) is 29.2 Å². The Morgan fingerprint density at radius 2 is 1.81 bits per heavy atom. The molecule has 1 nitrogen and oxygen atoms in total. The number of thioether (sulfide) groups is 1. The number of nitrogens with one attached hydrogen (secondary N) is 1. The summed E-state index contributed by atoms with van der Waals surface area (Å²) in [7, 11) is 0. The van der Waals surface area contributed by atoms with Crippen LogP contribution < -0.4 is 5.32 Å². The van der Waals surface area contributed by atoms with Gasteiger partial charge >= 0.3 is 6.18 Å². The summed E-state index contributed by atoms with van der Waals surface area (Å²) in [5.74, 6) is 0.992. The number of alkyl halides is 3. The highest BCUT2D eigenvalue weighted by atomic mass is 32.2. The molecule has 0 spiro atoms. The van der Waals surface area contributed by atoms with Gasteiger partial charge in [-0.25, -0.2) is 0 Å². The molecule has 1 aromatic carbocycles. The van der Waals surface area contributed by atoms with E-state index in [1.807, 2.05) is 24.3 Å². The van der Waals surface area contributed by atoms with E-state index in [9.17, 15) is 13.2 Å². The van der Waals surface area contributed by atoms with Gasteiger partial charge < -0.3 is 5.32 Å². The Morgan fingerprint density at radius 3 is 2.31 bits per heavy atom. The summed E-state index contributed by atoms with van der Waals surface area (Å²) in [6, 6.07) is 7.56. The summed E-state index contributed by atoms with van der Waals surface area (Å²) in [4.78, 5) is 1.14. The third kappa shape index (κ3) is 5.42. The molecule has 1 rings (SSSR count). The number of hydrogen-bond donors (Lipinski definition) is 1. The van der Waals surface area contributed by atoms with Gasteiger partial charge in [0.05, 0.1) is 6.54 Å². The first-order valence-electron chi connectivity index (χ1n) is 5.00. The van der Waals surface area contributed by atoms with Crippen molar-refractivity contribution < 1.29 is 13.2 Å². The number of hydrogen-bond acceptors (Lipinski definition) is 2. The van der Waals surface area contributed by atoms with Crippen molar-refractivity contribution >= 4 is 11.8 Å². The lowest BCUT2D eigenvalue weighted by atomic mass is 10.2. The van der Waals surface area contributed by atoms with Crippen molar-refractivity contribution in [1.29, 1.82) is 0 Å². The van der Waals surface area contributed by atoms with Crippen molar-refractivity contribution in [2.75, 3.05) is 12.3 Å². The van der Waals surface area contributed by atoms with Gasteiger partial charge in [0.1, 0.15) is 0 Å². The molecule has 0 heterocycles. The Kier molecular flexibility index (Phi) is 5.15. The molecule has 0 aliphatic rings. The van der Waals surface area contributed by atoms with E-state index >= 15 is 0 Å². The zero-order chi connectivity index (χ0) is 12.0. The summed E-state index contributed by atoms with van der Waals surface area (Å²) in [6.07, 6.45) is -4.14. The first kappa shape index (κ1) is 13.4. The predicted molar refractivity (Wildman–Crippen MR) is 60.6 cm³/mol. The van der Waals surface area contributed by atoms with E-state index in [0.717, 1.165) is 16.2 Å². The summed E-state index contributed by atoms with van der Waals surface area (Å²) < 4.78 is 35.6. The van der Waals surface area contributed by atoms with E-state index in [1.165, 1.54) is 0 Å². The SMILES string of the molecule is CCSc1ccc(CNCC(F)(F)F)cc1. The van der Waals surface area contributed by atoms with Crippen molar-refractivity contribution in [1.82, 2.24) is 5.32 Å². The van der Waals surface area contributed by atoms with Gasteiger partial charge in [-0.15, -0.1) is 11.8 Å². The molecule has 0 aliphatic carbocycles. The minimum atomic E-state index is -4.14. The standard InChI is InChI=1S/C11H14F3NS/c1-2-16-10-5-3-9(4-6-10)7-15-8-11(12,13)14/h3-6,15H,2,7-8H2,1H3. The third-order valence-corrected chi connectivity index (χ3v) is 2.78. The fourth-order valence-corrected chi connectivity index (χ4v) is 1.88. The number of rotatable bonds is 5. The summed E-state index contributed by atoms with van der Waals surface area (Å²) in [5, 5.41) is 2.36. The van der Waals surface area contributed by atoms with Gasteiger partial charge in [-0.05, 0) is 23.4 Å². The first-order chi connectivity index (χ1) is 7.51. The Morgan fingerprint density at radius 1 is 1.19 bits per heavy atom. The molecule has 0 unspecified atom stereocenters. The van der Waals surface area contributed by atoms with Gasteiger partial charge in [-0.3, -0.25) is 0 Å². The molecule has 5 heteroatoms. The van der Waals surface area contributed by atoms with Gasteiger partial charge in [-0.2, -0.15) is 13.2 Å². The topological polar surface area (TPSA) is 12.0 Å². The average molecular weight is 249 g/mol. The summed E-state index contributed by atoms with van der Waals surface area (Å²) in [5.41, 5.74) is 0.865. The largest absolute Gasteiger partial charge is 0.401 e. The molecule has 90 valence electrons. The van der Waals surface area contributed by atoms with Gasteiger partial charge in [-0.1, -0.05) is 19.1 Å². The van der Waals surface area contributed by atoms with Crippen molar-refractivity contribution in [3.8, 4) is 0 Å². The maximum Gasteiger partial charge on any atom is 0.401 e. The van der Waals surface area contributed by atoms with Crippen LogP contribution in [0.1, 0.15) is 12.5 Å². The smallest absolute Gasteiger partial charge is 0.305 e. The molecular formula is C11H14F3NS. The fourth-order valence-electron chi connectivity index (χ4n) is 1.22. The Bertz CT molecular complexity index is 308. The Hall–Kier alpha value is -0.680. The fraction of sp³-hybridized carbons (Fsp3) is 0.455. The lowest BCUT2D eigenvalue weighted by molar-refractivity contribution is -0.125. The van der Waals surface area contributed by atoms with Crippen LogP contribution in [0.3, 0.4) is 0 Å².